The van der Waals surface area contributed by atoms with Crippen molar-refractivity contribution < 1.29 is 18.3 Å². The summed E-state index contributed by atoms with van der Waals surface area (Å²) in [7, 11) is -3.79. The van der Waals surface area contributed by atoms with Gasteiger partial charge in [0.15, 0.2) is 0 Å². The van der Waals surface area contributed by atoms with E-state index >= 15 is 0 Å². The maximum atomic E-state index is 12.1. The van der Waals surface area contributed by atoms with Crippen molar-refractivity contribution in [3.63, 3.8) is 0 Å². The van der Waals surface area contributed by atoms with Crippen molar-refractivity contribution in [1.82, 2.24) is 10.2 Å². The van der Waals surface area contributed by atoms with E-state index in [1.807, 2.05) is 0 Å². The molecule has 0 aliphatic heterocycles. The third-order valence-corrected chi connectivity index (χ3v) is 4.53. The highest BCUT2D eigenvalue weighted by atomic mass is 32.2. The Labute approximate surface area is 113 Å². The van der Waals surface area contributed by atoms with Gasteiger partial charge in [0, 0.05) is 0 Å². The first-order valence-corrected chi connectivity index (χ1v) is 7.39. The summed E-state index contributed by atoms with van der Waals surface area (Å²) in [5.41, 5.74) is 1.78. The van der Waals surface area contributed by atoms with Gasteiger partial charge in [0.05, 0.1) is 10.5 Å². The van der Waals surface area contributed by atoms with Crippen LogP contribution in [0.2, 0.25) is 0 Å². The lowest BCUT2D eigenvalue weighted by Gasteiger charge is -2.08. The summed E-state index contributed by atoms with van der Waals surface area (Å²) in [4.78, 5) is 10.8. The lowest BCUT2D eigenvalue weighted by molar-refractivity contribution is 0.0696. The zero-order valence-corrected chi connectivity index (χ0v) is 11.3. The molecular formula is C10H9N3O4S2. The van der Waals surface area contributed by atoms with Crippen LogP contribution in [0.3, 0.4) is 0 Å². The second-order valence-electron chi connectivity index (χ2n) is 3.63. The molecule has 0 aliphatic rings. The molecular weight excluding hydrogens is 290 g/mol. The minimum absolute atomic E-state index is 0.00713. The quantitative estimate of drug-likeness (QED) is 0.881. The Kier molecular flexibility index (Phi) is 3.49. The molecule has 1 aromatic heterocycles. The predicted molar refractivity (Wildman–Crippen MR) is 68.9 cm³/mol. The number of carboxylic acid groups (broad SMARTS) is 1. The van der Waals surface area contributed by atoms with Crippen LogP contribution in [0.1, 0.15) is 15.9 Å². The molecule has 9 heteroatoms. The highest BCUT2D eigenvalue weighted by Crippen LogP contribution is 2.21. The van der Waals surface area contributed by atoms with Crippen molar-refractivity contribution in [2.75, 3.05) is 4.72 Å². The number of hydrogen-bond acceptors (Lipinski definition) is 6. The first kappa shape index (κ1) is 13.4. The standard InChI is InChI=1S/C10H9N3O4S2/c1-6-4-7(9(14)15)2-3-8(6)19(16,17)13-10-12-11-5-18-10/h2-5H,1H3,(H,12,13)(H,14,15). The first-order valence-electron chi connectivity index (χ1n) is 5.03. The number of carboxylic acids is 1. The second-order valence-corrected chi connectivity index (χ2v) is 6.12. The van der Waals surface area contributed by atoms with Crippen LogP contribution in [-0.4, -0.2) is 29.7 Å². The summed E-state index contributed by atoms with van der Waals surface area (Å²) >= 11 is 1.05. The molecule has 0 saturated heterocycles. The number of hydrogen-bond donors (Lipinski definition) is 2. The van der Waals surface area contributed by atoms with Gasteiger partial charge in [0.1, 0.15) is 5.51 Å². The van der Waals surface area contributed by atoms with Gasteiger partial charge >= 0.3 is 5.97 Å². The number of nitrogens with one attached hydrogen (secondary N) is 1. The van der Waals surface area contributed by atoms with Gasteiger partial charge in [-0.05, 0) is 30.7 Å². The van der Waals surface area contributed by atoms with Crippen molar-refractivity contribution in [2.45, 2.75) is 11.8 Å². The molecule has 19 heavy (non-hydrogen) atoms. The van der Waals surface area contributed by atoms with Gasteiger partial charge in [-0.3, -0.25) is 4.72 Å². The van der Waals surface area contributed by atoms with Crippen LogP contribution in [0, 0.1) is 6.92 Å². The maximum absolute atomic E-state index is 12.1. The Morgan fingerprint density at radius 2 is 2.16 bits per heavy atom. The third kappa shape index (κ3) is 2.88. The number of nitrogens with zero attached hydrogens (tertiary/aromatic N) is 2. The fourth-order valence-electron chi connectivity index (χ4n) is 1.47. The molecule has 7 nitrogen and oxygen atoms in total. The van der Waals surface area contributed by atoms with Crippen LogP contribution in [-0.2, 0) is 10.0 Å². The van der Waals surface area contributed by atoms with Gasteiger partial charge in [0.25, 0.3) is 10.0 Å². The summed E-state index contributed by atoms with van der Waals surface area (Å²) in [5.74, 6) is -1.11. The van der Waals surface area contributed by atoms with Gasteiger partial charge in [-0.2, -0.15) is 0 Å². The second kappa shape index (κ2) is 4.94. The van der Waals surface area contributed by atoms with E-state index in [9.17, 15) is 13.2 Å². The third-order valence-electron chi connectivity index (χ3n) is 2.29. The number of aryl methyl sites for hydroxylation is 1. The minimum atomic E-state index is -3.79. The average molecular weight is 299 g/mol. The Bertz CT molecular complexity index is 710. The summed E-state index contributed by atoms with van der Waals surface area (Å²) < 4.78 is 26.4. The fourth-order valence-corrected chi connectivity index (χ4v) is 3.39. The minimum Gasteiger partial charge on any atom is -0.478 e. The number of sulfonamides is 1. The zero-order chi connectivity index (χ0) is 14.0. The molecule has 0 atom stereocenters. The molecule has 1 aromatic carbocycles. The monoisotopic (exact) mass is 299 g/mol. The Balaban J connectivity index is 2.38. The molecule has 1 heterocycles. The molecule has 0 spiro atoms. The van der Waals surface area contributed by atoms with Gasteiger partial charge < -0.3 is 5.11 Å². The molecule has 0 amide bonds. The van der Waals surface area contributed by atoms with Crippen LogP contribution in [0.25, 0.3) is 0 Å². The molecule has 0 fully saturated rings. The Hall–Kier alpha value is -2.00. The number of aromatic nitrogens is 2. The van der Waals surface area contributed by atoms with Crippen molar-refractivity contribution in [1.29, 1.82) is 0 Å². The van der Waals surface area contributed by atoms with Crippen molar-refractivity contribution >= 4 is 32.5 Å². The molecule has 0 radical (unpaired) electrons. The van der Waals surface area contributed by atoms with E-state index in [-0.39, 0.29) is 15.6 Å². The predicted octanol–water partition coefficient (Wildman–Crippen LogP) is 1.35. The molecule has 2 rings (SSSR count). The van der Waals surface area contributed by atoms with Gasteiger partial charge in [-0.25, -0.2) is 13.2 Å². The average Bonchev–Trinajstić information content (AvgIpc) is 2.80. The highest BCUT2D eigenvalue weighted by Gasteiger charge is 2.19. The number of aromatic carboxylic acids is 1. The van der Waals surface area contributed by atoms with Crippen LogP contribution in [0.5, 0.6) is 0 Å². The van der Waals surface area contributed by atoms with Crippen LogP contribution in [0.15, 0.2) is 28.6 Å². The van der Waals surface area contributed by atoms with E-state index in [1.165, 1.54) is 30.6 Å². The summed E-state index contributed by atoms with van der Waals surface area (Å²) in [6.07, 6.45) is 0. The normalized spacial score (nSPS) is 11.2. The molecule has 2 N–H and O–H groups in total. The number of benzene rings is 1. The lowest BCUT2D eigenvalue weighted by atomic mass is 10.1. The van der Waals surface area contributed by atoms with E-state index < -0.39 is 16.0 Å². The van der Waals surface area contributed by atoms with Crippen LogP contribution >= 0.6 is 11.3 Å². The SMILES string of the molecule is Cc1cc(C(=O)O)ccc1S(=O)(=O)Nc1nncs1. The summed E-state index contributed by atoms with van der Waals surface area (Å²) in [6.45, 7) is 1.53. The van der Waals surface area contributed by atoms with Crippen molar-refractivity contribution in [2.24, 2.45) is 0 Å². The van der Waals surface area contributed by atoms with E-state index in [1.54, 1.807) is 0 Å². The first-order chi connectivity index (χ1) is 8.90. The maximum Gasteiger partial charge on any atom is 0.335 e. The molecule has 0 bridgehead atoms. The van der Waals surface area contributed by atoms with Gasteiger partial charge in [0.2, 0.25) is 5.13 Å². The summed E-state index contributed by atoms with van der Waals surface area (Å²) in [6, 6.07) is 3.79. The fraction of sp³-hybridized carbons (Fsp3) is 0.100. The Morgan fingerprint density at radius 1 is 1.42 bits per heavy atom. The Morgan fingerprint density at radius 3 is 2.68 bits per heavy atom. The van der Waals surface area contributed by atoms with Crippen LogP contribution < -0.4 is 4.72 Å². The van der Waals surface area contributed by atoms with Crippen molar-refractivity contribution in [3.05, 3.63) is 34.8 Å². The van der Waals surface area contributed by atoms with E-state index in [0.29, 0.717) is 5.56 Å². The van der Waals surface area contributed by atoms with Gasteiger partial charge in [-0.15, -0.1) is 10.2 Å². The van der Waals surface area contributed by atoms with Gasteiger partial charge in [-0.1, -0.05) is 11.3 Å². The lowest BCUT2D eigenvalue weighted by Crippen LogP contribution is -2.14. The smallest absolute Gasteiger partial charge is 0.335 e. The molecule has 0 unspecified atom stereocenters. The van der Waals surface area contributed by atoms with E-state index in [2.05, 4.69) is 14.9 Å². The number of carbonyl (C=O) groups is 1. The zero-order valence-electron chi connectivity index (χ0n) is 9.69. The van der Waals surface area contributed by atoms with Crippen LogP contribution in [0.4, 0.5) is 5.13 Å². The van der Waals surface area contributed by atoms with E-state index in [0.717, 1.165) is 11.3 Å². The number of rotatable bonds is 4. The van der Waals surface area contributed by atoms with E-state index in [4.69, 9.17) is 5.11 Å². The number of anilines is 1. The molecule has 100 valence electrons. The molecule has 0 saturated carbocycles. The molecule has 2 aromatic rings. The highest BCUT2D eigenvalue weighted by molar-refractivity contribution is 7.93. The summed E-state index contributed by atoms with van der Waals surface area (Å²) in [5, 5.41) is 16.1. The molecule has 0 aliphatic carbocycles. The largest absolute Gasteiger partial charge is 0.478 e. The van der Waals surface area contributed by atoms with Crippen molar-refractivity contribution in [3.8, 4) is 0 Å². The topological polar surface area (TPSA) is 109 Å².